The molecule has 0 aliphatic heterocycles. The standard InChI is InChI=1S/C10H14O5S.Na/c1-8-3-4-10(9(2)7-8)14-5-6-15-16(11,12)13;/h3-4,7H,5-6H2,1-2H3,(H,11,12,13);/q;+1/p-1. The molecule has 0 saturated heterocycles. The van der Waals surface area contributed by atoms with Crippen molar-refractivity contribution in [3.8, 4) is 5.75 Å². The van der Waals surface area contributed by atoms with Gasteiger partial charge in [-0.15, -0.1) is 0 Å². The molecule has 0 aromatic heterocycles. The van der Waals surface area contributed by atoms with E-state index in [-0.39, 0.29) is 42.8 Å². The van der Waals surface area contributed by atoms with Crippen molar-refractivity contribution in [2.45, 2.75) is 13.8 Å². The summed E-state index contributed by atoms with van der Waals surface area (Å²) in [6.45, 7) is 3.59. The first-order valence-electron chi connectivity index (χ1n) is 4.69. The van der Waals surface area contributed by atoms with Crippen LogP contribution in [-0.2, 0) is 14.6 Å². The number of ether oxygens (including phenoxy) is 1. The van der Waals surface area contributed by atoms with Crippen molar-refractivity contribution < 1.29 is 51.4 Å². The molecule has 0 radical (unpaired) electrons. The van der Waals surface area contributed by atoms with Gasteiger partial charge in [0.1, 0.15) is 12.4 Å². The Hall–Kier alpha value is -0.110. The van der Waals surface area contributed by atoms with E-state index >= 15 is 0 Å². The molecule has 1 rings (SSSR count). The van der Waals surface area contributed by atoms with E-state index in [9.17, 15) is 13.0 Å². The van der Waals surface area contributed by atoms with Crippen molar-refractivity contribution in [3.05, 3.63) is 29.3 Å². The van der Waals surface area contributed by atoms with Crippen molar-refractivity contribution in [1.82, 2.24) is 0 Å². The molecule has 0 amide bonds. The smallest absolute Gasteiger partial charge is 0.726 e. The van der Waals surface area contributed by atoms with Crippen LogP contribution in [0, 0.1) is 13.8 Å². The molecule has 5 nitrogen and oxygen atoms in total. The minimum Gasteiger partial charge on any atom is -0.726 e. The summed E-state index contributed by atoms with van der Waals surface area (Å²) < 4.78 is 39.6. The molecule has 0 unspecified atom stereocenters. The van der Waals surface area contributed by atoms with Gasteiger partial charge in [-0.05, 0) is 25.5 Å². The number of rotatable bonds is 5. The van der Waals surface area contributed by atoms with Gasteiger partial charge in [-0.3, -0.25) is 4.18 Å². The molecule has 0 heterocycles. The summed E-state index contributed by atoms with van der Waals surface area (Å²) in [7, 11) is -4.63. The third-order valence-corrected chi connectivity index (χ3v) is 2.35. The van der Waals surface area contributed by atoms with E-state index in [2.05, 4.69) is 4.18 Å². The Morgan fingerprint density at radius 3 is 2.41 bits per heavy atom. The van der Waals surface area contributed by atoms with Crippen LogP contribution < -0.4 is 34.3 Å². The van der Waals surface area contributed by atoms with Crippen LogP contribution in [0.1, 0.15) is 11.1 Å². The van der Waals surface area contributed by atoms with E-state index in [0.717, 1.165) is 11.1 Å². The van der Waals surface area contributed by atoms with E-state index in [1.165, 1.54) is 0 Å². The zero-order valence-corrected chi connectivity index (χ0v) is 12.9. The fourth-order valence-corrected chi connectivity index (χ4v) is 1.52. The predicted octanol–water partition coefficient (Wildman–Crippen LogP) is -1.84. The third-order valence-electron chi connectivity index (χ3n) is 1.90. The summed E-state index contributed by atoms with van der Waals surface area (Å²) in [5.41, 5.74) is 2.06. The fraction of sp³-hybridized carbons (Fsp3) is 0.400. The molecule has 7 heteroatoms. The molecule has 90 valence electrons. The monoisotopic (exact) mass is 268 g/mol. The van der Waals surface area contributed by atoms with Crippen LogP contribution in [0.25, 0.3) is 0 Å². The number of aryl methyl sites for hydroxylation is 2. The summed E-state index contributed by atoms with van der Waals surface area (Å²) >= 11 is 0. The van der Waals surface area contributed by atoms with Gasteiger partial charge in [-0.2, -0.15) is 0 Å². The molecule has 1 aromatic carbocycles. The predicted molar refractivity (Wildman–Crippen MR) is 57.1 cm³/mol. The Morgan fingerprint density at radius 2 is 1.88 bits per heavy atom. The molecule has 0 aliphatic rings. The Bertz CT molecular complexity index is 458. The van der Waals surface area contributed by atoms with Gasteiger partial charge >= 0.3 is 29.6 Å². The van der Waals surface area contributed by atoms with Gasteiger partial charge in [0.15, 0.2) is 0 Å². The zero-order valence-electron chi connectivity index (χ0n) is 10.1. The van der Waals surface area contributed by atoms with Crippen LogP contribution in [0.4, 0.5) is 0 Å². The molecule has 1 aromatic rings. The minimum atomic E-state index is -4.63. The molecule has 0 saturated carbocycles. The van der Waals surface area contributed by atoms with Crippen molar-refractivity contribution in [2.24, 2.45) is 0 Å². The van der Waals surface area contributed by atoms with Gasteiger partial charge in [-0.25, -0.2) is 8.42 Å². The molecular weight excluding hydrogens is 255 g/mol. The van der Waals surface area contributed by atoms with Crippen LogP contribution in [0.2, 0.25) is 0 Å². The van der Waals surface area contributed by atoms with Crippen LogP contribution in [0.3, 0.4) is 0 Å². The molecular formula is C10H13NaO5S. The maximum atomic E-state index is 10.1. The largest absolute Gasteiger partial charge is 1.00 e. The zero-order chi connectivity index (χ0) is 12.2. The van der Waals surface area contributed by atoms with Crippen molar-refractivity contribution in [3.63, 3.8) is 0 Å². The molecule has 0 bridgehead atoms. The Labute approximate surface area is 123 Å². The van der Waals surface area contributed by atoms with Gasteiger partial charge in [0, 0.05) is 0 Å². The summed E-state index contributed by atoms with van der Waals surface area (Å²) in [6.07, 6.45) is 0. The Balaban J connectivity index is 0.00000256. The van der Waals surface area contributed by atoms with Crippen molar-refractivity contribution in [2.75, 3.05) is 13.2 Å². The number of hydrogen-bond acceptors (Lipinski definition) is 5. The van der Waals surface area contributed by atoms with E-state index in [1.54, 1.807) is 6.07 Å². The second-order valence-electron chi connectivity index (χ2n) is 3.35. The fourth-order valence-electron chi connectivity index (χ4n) is 1.25. The van der Waals surface area contributed by atoms with Gasteiger partial charge in [0.25, 0.3) is 0 Å². The summed E-state index contributed by atoms with van der Waals surface area (Å²) in [5, 5.41) is 0. The molecule has 0 atom stereocenters. The molecule has 17 heavy (non-hydrogen) atoms. The van der Waals surface area contributed by atoms with E-state index in [4.69, 9.17) is 4.74 Å². The first-order valence-corrected chi connectivity index (χ1v) is 6.02. The van der Waals surface area contributed by atoms with Crippen LogP contribution in [-0.4, -0.2) is 26.2 Å². The van der Waals surface area contributed by atoms with Gasteiger partial charge in [-0.1, -0.05) is 17.7 Å². The van der Waals surface area contributed by atoms with Crippen molar-refractivity contribution >= 4 is 10.4 Å². The Kier molecular flexibility index (Phi) is 7.30. The summed E-state index contributed by atoms with van der Waals surface area (Å²) in [4.78, 5) is 0. The quantitative estimate of drug-likeness (QED) is 0.271. The number of benzene rings is 1. The van der Waals surface area contributed by atoms with Gasteiger partial charge in [0.2, 0.25) is 10.4 Å². The second-order valence-corrected chi connectivity index (χ2v) is 4.40. The average molecular weight is 268 g/mol. The number of hydrogen-bond donors (Lipinski definition) is 0. The normalized spacial score (nSPS) is 10.8. The average Bonchev–Trinajstić information content (AvgIpc) is 2.13. The maximum absolute atomic E-state index is 10.1. The van der Waals surface area contributed by atoms with Crippen LogP contribution in [0.5, 0.6) is 5.75 Å². The van der Waals surface area contributed by atoms with E-state index in [0.29, 0.717) is 5.75 Å². The summed E-state index contributed by atoms with van der Waals surface area (Å²) in [6, 6.07) is 5.62. The topological polar surface area (TPSA) is 75.7 Å². The van der Waals surface area contributed by atoms with E-state index < -0.39 is 10.4 Å². The SMILES string of the molecule is Cc1ccc(OCCOS(=O)(=O)[O-])c(C)c1.[Na+]. The molecule has 0 fully saturated rings. The maximum Gasteiger partial charge on any atom is 1.00 e. The van der Waals surface area contributed by atoms with Crippen LogP contribution in [0.15, 0.2) is 18.2 Å². The van der Waals surface area contributed by atoms with E-state index in [1.807, 2.05) is 26.0 Å². The van der Waals surface area contributed by atoms with Gasteiger partial charge in [0.05, 0.1) is 6.61 Å². The molecule has 0 aliphatic carbocycles. The molecule has 0 spiro atoms. The first kappa shape index (κ1) is 16.9. The first-order chi connectivity index (χ1) is 7.38. The second kappa shape index (κ2) is 7.35. The van der Waals surface area contributed by atoms with Crippen molar-refractivity contribution in [1.29, 1.82) is 0 Å². The summed E-state index contributed by atoms with van der Waals surface area (Å²) in [5.74, 6) is 0.650. The third kappa shape index (κ3) is 7.03. The minimum absolute atomic E-state index is 0. The van der Waals surface area contributed by atoms with Gasteiger partial charge < -0.3 is 9.29 Å². The molecule has 0 N–H and O–H groups in total. The van der Waals surface area contributed by atoms with Crippen LogP contribution >= 0.6 is 0 Å². The Morgan fingerprint density at radius 1 is 1.24 bits per heavy atom.